The van der Waals surface area contributed by atoms with Crippen LogP contribution in [0.3, 0.4) is 0 Å². The third-order valence-corrected chi connectivity index (χ3v) is 4.33. The van der Waals surface area contributed by atoms with Crippen LogP contribution in [0.1, 0.15) is 16.3 Å². The maximum absolute atomic E-state index is 14.2. The molecule has 3 rings (SSSR count). The van der Waals surface area contributed by atoms with Crippen molar-refractivity contribution in [3.05, 3.63) is 58.9 Å². The van der Waals surface area contributed by atoms with Crippen LogP contribution in [0, 0.1) is 12.7 Å². The quantitative estimate of drug-likeness (QED) is 0.704. The molecule has 1 aromatic carbocycles. The molecule has 3 aromatic rings. The summed E-state index contributed by atoms with van der Waals surface area (Å²) in [6, 6.07) is 4.63. The van der Waals surface area contributed by atoms with Gasteiger partial charge in [0.1, 0.15) is 16.5 Å². The van der Waals surface area contributed by atoms with Crippen molar-refractivity contribution < 1.29 is 17.6 Å². The van der Waals surface area contributed by atoms with Gasteiger partial charge in [-0.15, -0.1) is 0 Å². The van der Waals surface area contributed by atoms with E-state index < -0.39 is 16.9 Å². The van der Waals surface area contributed by atoms with E-state index >= 15 is 0 Å². The summed E-state index contributed by atoms with van der Waals surface area (Å²) < 4.78 is 53.4. The van der Waals surface area contributed by atoms with E-state index in [1.54, 1.807) is 36.0 Å². The first-order valence-electron chi connectivity index (χ1n) is 6.90. The van der Waals surface area contributed by atoms with Gasteiger partial charge in [0.15, 0.2) is 5.13 Å². The predicted molar refractivity (Wildman–Crippen MR) is 82.7 cm³/mol. The summed E-state index contributed by atoms with van der Waals surface area (Å²) in [5.74, 6) is 0.216. The van der Waals surface area contributed by atoms with Crippen LogP contribution in [0.2, 0.25) is 0 Å². The van der Waals surface area contributed by atoms with Crippen molar-refractivity contribution in [3.63, 3.8) is 0 Å². The molecule has 24 heavy (non-hydrogen) atoms. The first-order chi connectivity index (χ1) is 11.3. The minimum absolute atomic E-state index is 0.136. The number of hydrogen-bond donors (Lipinski definition) is 1. The lowest BCUT2D eigenvalue weighted by atomic mass is 10.2. The molecule has 4 nitrogen and oxygen atoms in total. The standard InChI is InChI=1S/C15H12F4N4S/c1-9-20-4-5-23(9)12-3-2-10(6-11(12)16)7-21-14-22-8-13(24-14)15(17,18)19/h2-6,8H,7H2,1H3,(H,21,22). The highest BCUT2D eigenvalue weighted by Gasteiger charge is 2.33. The Morgan fingerprint density at radius 1 is 1.25 bits per heavy atom. The van der Waals surface area contributed by atoms with Gasteiger partial charge in [-0.1, -0.05) is 17.4 Å². The molecule has 2 aromatic heterocycles. The SMILES string of the molecule is Cc1nccn1-c1ccc(CNc2ncc(C(F)(F)F)s2)cc1F. The Morgan fingerprint density at radius 3 is 2.62 bits per heavy atom. The fraction of sp³-hybridized carbons (Fsp3) is 0.200. The molecule has 0 atom stereocenters. The first kappa shape index (κ1) is 16.4. The molecular weight excluding hydrogens is 344 g/mol. The number of nitrogens with one attached hydrogen (secondary N) is 1. The molecule has 0 radical (unpaired) electrons. The average Bonchev–Trinajstić information content (AvgIpc) is 3.14. The second-order valence-electron chi connectivity index (χ2n) is 5.01. The number of rotatable bonds is 4. The van der Waals surface area contributed by atoms with Crippen LogP contribution in [0.25, 0.3) is 5.69 Å². The monoisotopic (exact) mass is 356 g/mol. The van der Waals surface area contributed by atoms with Gasteiger partial charge in [0.2, 0.25) is 0 Å². The molecule has 0 saturated carbocycles. The second-order valence-corrected chi connectivity index (χ2v) is 6.04. The smallest absolute Gasteiger partial charge is 0.357 e. The number of thiazole rings is 1. The topological polar surface area (TPSA) is 42.7 Å². The van der Waals surface area contributed by atoms with Crippen LogP contribution in [0.5, 0.6) is 0 Å². The van der Waals surface area contributed by atoms with Crippen molar-refractivity contribution in [2.75, 3.05) is 5.32 Å². The zero-order valence-electron chi connectivity index (χ0n) is 12.4. The fourth-order valence-corrected chi connectivity index (χ4v) is 2.83. The normalized spacial score (nSPS) is 11.7. The van der Waals surface area contributed by atoms with Crippen molar-refractivity contribution >= 4 is 16.5 Å². The molecule has 1 N–H and O–H groups in total. The van der Waals surface area contributed by atoms with Crippen molar-refractivity contribution in [1.29, 1.82) is 0 Å². The molecular formula is C15H12F4N4S. The number of alkyl halides is 3. The number of aromatic nitrogens is 3. The molecule has 0 unspecified atom stereocenters. The number of benzene rings is 1. The summed E-state index contributed by atoms with van der Waals surface area (Å²) in [4.78, 5) is 6.94. The van der Waals surface area contributed by atoms with Crippen molar-refractivity contribution in [2.45, 2.75) is 19.6 Å². The maximum Gasteiger partial charge on any atom is 0.427 e. The van der Waals surface area contributed by atoms with E-state index in [9.17, 15) is 17.6 Å². The van der Waals surface area contributed by atoms with Crippen LogP contribution in [0.15, 0.2) is 36.8 Å². The molecule has 0 aliphatic carbocycles. The third-order valence-electron chi connectivity index (χ3n) is 3.33. The molecule has 0 amide bonds. The number of imidazole rings is 1. The van der Waals surface area contributed by atoms with E-state index in [-0.39, 0.29) is 11.7 Å². The van der Waals surface area contributed by atoms with Gasteiger partial charge >= 0.3 is 6.18 Å². The van der Waals surface area contributed by atoms with Gasteiger partial charge in [0.25, 0.3) is 0 Å². The van der Waals surface area contributed by atoms with E-state index in [4.69, 9.17) is 0 Å². The highest BCUT2D eigenvalue weighted by Crippen LogP contribution is 2.35. The maximum atomic E-state index is 14.2. The molecule has 2 heterocycles. The van der Waals surface area contributed by atoms with Crippen molar-refractivity contribution in [2.24, 2.45) is 0 Å². The molecule has 0 aliphatic rings. The summed E-state index contributed by atoms with van der Waals surface area (Å²) in [5, 5.41) is 2.90. The lowest BCUT2D eigenvalue weighted by Crippen LogP contribution is -2.03. The number of nitrogens with zero attached hydrogens (tertiary/aromatic N) is 3. The van der Waals surface area contributed by atoms with Gasteiger partial charge < -0.3 is 9.88 Å². The van der Waals surface area contributed by atoms with E-state index in [0.717, 1.165) is 6.20 Å². The van der Waals surface area contributed by atoms with Crippen LogP contribution in [0.4, 0.5) is 22.7 Å². The van der Waals surface area contributed by atoms with Crippen molar-refractivity contribution in [1.82, 2.24) is 14.5 Å². The summed E-state index contributed by atoms with van der Waals surface area (Å²) in [5.41, 5.74) is 0.958. The Balaban J connectivity index is 1.72. The van der Waals surface area contributed by atoms with Crippen LogP contribution < -0.4 is 5.32 Å². The number of anilines is 1. The molecule has 9 heteroatoms. The Kier molecular flexibility index (Phi) is 4.27. The van der Waals surface area contributed by atoms with E-state index in [0.29, 0.717) is 28.4 Å². The summed E-state index contributed by atoms with van der Waals surface area (Å²) >= 11 is 0.513. The van der Waals surface area contributed by atoms with Gasteiger partial charge in [-0.2, -0.15) is 13.2 Å². The van der Waals surface area contributed by atoms with E-state index in [1.165, 1.54) is 6.07 Å². The van der Waals surface area contributed by atoms with Crippen molar-refractivity contribution in [3.8, 4) is 5.69 Å². The number of halogens is 4. The number of aryl methyl sites for hydroxylation is 1. The van der Waals surface area contributed by atoms with E-state index in [1.807, 2.05) is 0 Å². The summed E-state index contributed by atoms with van der Waals surface area (Å²) in [6.07, 6.45) is -0.405. The second kappa shape index (κ2) is 6.23. The molecule has 0 bridgehead atoms. The third kappa shape index (κ3) is 3.40. The predicted octanol–water partition coefficient (Wildman–Crippen LogP) is 4.41. The minimum Gasteiger partial charge on any atom is -0.357 e. The lowest BCUT2D eigenvalue weighted by Gasteiger charge is -2.09. The molecule has 0 fully saturated rings. The highest BCUT2D eigenvalue weighted by atomic mass is 32.1. The van der Waals surface area contributed by atoms with E-state index in [2.05, 4.69) is 15.3 Å². The van der Waals surface area contributed by atoms with Gasteiger partial charge in [-0.25, -0.2) is 14.4 Å². The summed E-state index contributed by atoms with van der Waals surface area (Å²) in [6.45, 7) is 1.93. The van der Waals surface area contributed by atoms with Crippen LogP contribution >= 0.6 is 11.3 Å². The van der Waals surface area contributed by atoms with Crippen LogP contribution in [-0.4, -0.2) is 14.5 Å². The first-order valence-corrected chi connectivity index (χ1v) is 7.72. The number of hydrogen-bond acceptors (Lipinski definition) is 4. The summed E-state index contributed by atoms with van der Waals surface area (Å²) in [7, 11) is 0. The minimum atomic E-state index is -4.41. The average molecular weight is 356 g/mol. The van der Waals surface area contributed by atoms with Gasteiger partial charge in [-0.3, -0.25) is 0 Å². The Hall–Kier alpha value is -2.42. The largest absolute Gasteiger partial charge is 0.427 e. The highest BCUT2D eigenvalue weighted by molar-refractivity contribution is 7.15. The zero-order chi connectivity index (χ0) is 17.3. The van der Waals surface area contributed by atoms with Crippen LogP contribution in [-0.2, 0) is 12.7 Å². The Morgan fingerprint density at radius 2 is 2.04 bits per heavy atom. The van der Waals surface area contributed by atoms with Gasteiger partial charge in [0, 0.05) is 18.9 Å². The Bertz CT molecular complexity index is 853. The molecule has 126 valence electrons. The molecule has 0 spiro atoms. The fourth-order valence-electron chi connectivity index (χ4n) is 2.15. The van der Waals surface area contributed by atoms with Gasteiger partial charge in [0.05, 0.1) is 11.9 Å². The molecule has 0 aliphatic heterocycles. The zero-order valence-corrected chi connectivity index (χ0v) is 13.2. The Labute approximate surface area is 138 Å². The molecule has 0 saturated heterocycles. The lowest BCUT2D eigenvalue weighted by molar-refractivity contribution is -0.134. The van der Waals surface area contributed by atoms with Gasteiger partial charge in [-0.05, 0) is 24.6 Å².